The monoisotopic (exact) mass is 582 g/mol. The molecule has 0 bridgehead atoms. The Hall–Kier alpha value is -3.55. The van der Waals surface area contributed by atoms with E-state index in [9.17, 15) is 31.5 Å². The summed E-state index contributed by atoms with van der Waals surface area (Å²) >= 11 is 1.00. The molecule has 2 aliphatic rings. The average molecular weight is 583 g/mol. The lowest BCUT2D eigenvalue weighted by molar-refractivity contribution is -0.174. The van der Waals surface area contributed by atoms with E-state index in [1.165, 1.54) is 12.3 Å². The number of amides is 2. The standard InChI is InChI=1S/C26H27F5N6O2S/c1-14-21(35-23(40-14)20-17(27)5-2-6-18(20)28)22(38)34-19-12-32-37(13-15-7-8-15)24(19)36-10-3-4-16(9-11-36)33-25(39)26(29,30)31/h2,5-6,12,15-16H,3-4,7-11,13H2,1H3,(H,33,39)(H,34,38)/t16-/m1/s1. The Morgan fingerprint density at radius 1 is 1.10 bits per heavy atom. The van der Waals surface area contributed by atoms with Crippen molar-refractivity contribution < 1.29 is 31.5 Å². The molecule has 2 fully saturated rings. The van der Waals surface area contributed by atoms with E-state index >= 15 is 0 Å². The Morgan fingerprint density at radius 2 is 1.82 bits per heavy atom. The molecule has 1 aliphatic carbocycles. The molecule has 40 heavy (non-hydrogen) atoms. The minimum atomic E-state index is -4.95. The van der Waals surface area contributed by atoms with Gasteiger partial charge in [0.2, 0.25) is 0 Å². The number of carbonyl (C=O) groups is 2. The number of carbonyl (C=O) groups excluding carboxylic acids is 2. The summed E-state index contributed by atoms with van der Waals surface area (Å²) in [5.41, 5.74) is 0.119. The highest BCUT2D eigenvalue weighted by atomic mass is 32.1. The first kappa shape index (κ1) is 28.0. The number of hydrogen-bond donors (Lipinski definition) is 2. The second-order valence-electron chi connectivity index (χ2n) is 10.1. The van der Waals surface area contributed by atoms with Crippen LogP contribution in [0, 0.1) is 24.5 Å². The summed E-state index contributed by atoms with van der Waals surface area (Å²) in [4.78, 5) is 31.4. The summed E-state index contributed by atoms with van der Waals surface area (Å²) in [7, 11) is 0. The van der Waals surface area contributed by atoms with Crippen molar-refractivity contribution in [2.45, 2.75) is 57.8 Å². The predicted octanol–water partition coefficient (Wildman–Crippen LogP) is 5.29. The molecule has 8 nitrogen and oxygen atoms in total. The van der Waals surface area contributed by atoms with Gasteiger partial charge in [0.15, 0.2) is 5.82 Å². The van der Waals surface area contributed by atoms with Crippen LogP contribution in [-0.4, -0.2) is 51.9 Å². The second kappa shape index (κ2) is 11.1. The van der Waals surface area contributed by atoms with Crippen LogP contribution in [0.25, 0.3) is 10.6 Å². The van der Waals surface area contributed by atoms with Gasteiger partial charge in [-0.15, -0.1) is 11.3 Å². The lowest BCUT2D eigenvalue weighted by Gasteiger charge is -2.25. The Bertz CT molecular complexity index is 1400. The molecule has 1 saturated heterocycles. The molecule has 2 N–H and O–H groups in total. The van der Waals surface area contributed by atoms with Gasteiger partial charge in [0.05, 0.1) is 11.8 Å². The van der Waals surface area contributed by atoms with Gasteiger partial charge in [-0.1, -0.05) is 6.07 Å². The van der Waals surface area contributed by atoms with Gasteiger partial charge >= 0.3 is 12.1 Å². The zero-order valence-corrected chi connectivity index (χ0v) is 22.3. The van der Waals surface area contributed by atoms with Crippen molar-refractivity contribution in [2.75, 3.05) is 23.3 Å². The van der Waals surface area contributed by atoms with Crippen molar-refractivity contribution in [2.24, 2.45) is 5.92 Å². The molecular weight excluding hydrogens is 555 g/mol. The van der Waals surface area contributed by atoms with Gasteiger partial charge in [-0.05, 0) is 57.1 Å². The number of halogens is 5. The number of thiazole rings is 1. The average Bonchev–Trinajstić information content (AvgIpc) is 3.56. The van der Waals surface area contributed by atoms with Crippen LogP contribution in [0.15, 0.2) is 24.4 Å². The molecule has 3 heterocycles. The van der Waals surface area contributed by atoms with Crippen LogP contribution < -0.4 is 15.5 Å². The van der Waals surface area contributed by atoms with Crippen LogP contribution in [0.3, 0.4) is 0 Å². The van der Waals surface area contributed by atoms with Crippen LogP contribution in [0.2, 0.25) is 0 Å². The largest absolute Gasteiger partial charge is 0.471 e. The minimum Gasteiger partial charge on any atom is -0.355 e. The van der Waals surface area contributed by atoms with E-state index in [4.69, 9.17) is 0 Å². The SMILES string of the molecule is Cc1sc(-c2c(F)cccc2F)nc1C(=O)Nc1cnn(CC2CC2)c1N1CCC[C@@H](NC(=O)C(F)(F)F)CC1. The molecule has 5 rings (SSSR count). The van der Waals surface area contributed by atoms with Gasteiger partial charge in [0.25, 0.3) is 5.91 Å². The van der Waals surface area contributed by atoms with E-state index in [0.29, 0.717) is 54.8 Å². The number of benzene rings is 1. The molecule has 0 unspecified atom stereocenters. The van der Waals surface area contributed by atoms with Crippen molar-refractivity contribution >= 4 is 34.7 Å². The highest BCUT2D eigenvalue weighted by Gasteiger charge is 2.40. The van der Waals surface area contributed by atoms with Gasteiger partial charge < -0.3 is 15.5 Å². The van der Waals surface area contributed by atoms with E-state index in [0.717, 1.165) is 36.3 Å². The fraction of sp³-hybridized carbons (Fsp3) is 0.462. The maximum atomic E-state index is 14.3. The molecule has 3 aromatic rings. The van der Waals surface area contributed by atoms with E-state index in [2.05, 4.69) is 20.7 Å². The molecule has 2 amide bonds. The number of alkyl halides is 3. The van der Waals surface area contributed by atoms with Crippen LogP contribution in [0.1, 0.15) is 47.5 Å². The third-order valence-corrected chi connectivity index (χ3v) is 7.98. The summed E-state index contributed by atoms with van der Waals surface area (Å²) in [5, 5.41) is 9.42. The topological polar surface area (TPSA) is 92.2 Å². The third kappa shape index (κ3) is 6.11. The fourth-order valence-corrected chi connectivity index (χ4v) is 5.76. The van der Waals surface area contributed by atoms with Crippen molar-refractivity contribution in [3.63, 3.8) is 0 Å². The number of anilines is 2. The van der Waals surface area contributed by atoms with Crippen LogP contribution in [0.4, 0.5) is 33.5 Å². The Kier molecular flexibility index (Phi) is 7.80. The summed E-state index contributed by atoms with van der Waals surface area (Å²) in [6.45, 7) is 3.09. The van der Waals surface area contributed by atoms with Gasteiger partial charge in [-0.25, -0.2) is 18.4 Å². The van der Waals surface area contributed by atoms with E-state index < -0.39 is 35.7 Å². The molecule has 0 spiro atoms. The molecular formula is C26H27F5N6O2S. The zero-order valence-electron chi connectivity index (χ0n) is 21.5. The van der Waals surface area contributed by atoms with Gasteiger partial charge in [0.1, 0.15) is 28.0 Å². The first-order valence-corrected chi connectivity index (χ1v) is 13.7. The quantitative estimate of drug-likeness (QED) is 0.370. The molecule has 1 aromatic carbocycles. The molecule has 2 aromatic heterocycles. The number of aryl methyl sites for hydroxylation is 1. The molecule has 1 saturated carbocycles. The maximum absolute atomic E-state index is 14.3. The summed E-state index contributed by atoms with van der Waals surface area (Å²) in [5.74, 6) is -3.02. The minimum absolute atomic E-state index is 0.0225. The summed E-state index contributed by atoms with van der Waals surface area (Å²) in [6, 6.07) is 2.86. The van der Waals surface area contributed by atoms with E-state index in [1.807, 2.05) is 4.90 Å². The Balaban J connectivity index is 1.36. The van der Waals surface area contributed by atoms with Gasteiger partial charge in [-0.2, -0.15) is 18.3 Å². The van der Waals surface area contributed by atoms with E-state index in [1.54, 1.807) is 11.6 Å². The predicted molar refractivity (Wildman–Crippen MR) is 139 cm³/mol. The molecule has 1 aliphatic heterocycles. The van der Waals surface area contributed by atoms with Gasteiger partial charge in [0, 0.05) is 30.6 Å². The van der Waals surface area contributed by atoms with E-state index in [-0.39, 0.29) is 22.7 Å². The number of hydrogen-bond acceptors (Lipinski definition) is 6. The molecule has 0 radical (unpaired) electrons. The van der Waals surface area contributed by atoms with Crippen molar-refractivity contribution in [3.8, 4) is 10.6 Å². The summed E-state index contributed by atoms with van der Waals surface area (Å²) < 4.78 is 68.7. The summed E-state index contributed by atoms with van der Waals surface area (Å²) in [6.07, 6.45) is -0.134. The smallest absolute Gasteiger partial charge is 0.355 e. The first-order chi connectivity index (χ1) is 19.0. The number of nitrogens with zero attached hydrogens (tertiary/aromatic N) is 4. The third-order valence-electron chi connectivity index (χ3n) is 7.00. The lowest BCUT2D eigenvalue weighted by Crippen LogP contribution is -2.43. The van der Waals surface area contributed by atoms with Crippen LogP contribution >= 0.6 is 11.3 Å². The highest BCUT2D eigenvalue weighted by Crippen LogP contribution is 2.36. The number of nitrogens with one attached hydrogen (secondary N) is 2. The molecule has 214 valence electrons. The molecule has 1 atom stereocenters. The highest BCUT2D eigenvalue weighted by molar-refractivity contribution is 7.15. The normalized spacial score (nSPS) is 17.9. The lowest BCUT2D eigenvalue weighted by atomic mass is 10.1. The van der Waals surface area contributed by atoms with Crippen molar-refractivity contribution in [1.29, 1.82) is 0 Å². The van der Waals surface area contributed by atoms with Crippen LogP contribution in [0.5, 0.6) is 0 Å². The molecule has 14 heteroatoms. The van der Waals surface area contributed by atoms with Crippen LogP contribution in [-0.2, 0) is 11.3 Å². The van der Waals surface area contributed by atoms with Gasteiger partial charge in [-0.3, -0.25) is 9.59 Å². The second-order valence-corrected chi connectivity index (χ2v) is 11.3. The number of aromatic nitrogens is 3. The Labute approximate surface area is 230 Å². The zero-order chi connectivity index (χ0) is 28.6. The first-order valence-electron chi connectivity index (χ1n) is 12.9. The van der Waals surface area contributed by atoms with Crippen molar-refractivity contribution in [3.05, 3.63) is 46.6 Å². The fourth-order valence-electron chi connectivity index (χ4n) is 4.80. The van der Waals surface area contributed by atoms with Crippen molar-refractivity contribution in [1.82, 2.24) is 20.1 Å². The number of rotatable bonds is 7. The Morgan fingerprint density at radius 3 is 2.50 bits per heavy atom. The maximum Gasteiger partial charge on any atom is 0.471 e.